The number of halogens is 2. The van der Waals surface area contributed by atoms with E-state index in [1.165, 1.54) is 17.1 Å². The Hall–Kier alpha value is -1.47. The van der Waals surface area contributed by atoms with E-state index in [-0.39, 0.29) is 12.5 Å². The second kappa shape index (κ2) is 5.24. The fraction of sp³-hybridized carbons (Fsp3) is 0.111. The minimum atomic E-state index is -0.216. The van der Waals surface area contributed by atoms with E-state index in [1.54, 1.807) is 12.3 Å². The fourth-order valence-corrected chi connectivity index (χ4v) is 1.61. The molecular formula is C9H7BrClN5O. The maximum atomic E-state index is 11.6. The number of rotatable bonds is 3. The van der Waals surface area contributed by atoms with Crippen molar-refractivity contribution in [2.45, 2.75) is 6.54 Å². The van der Waals surface area contributed by atoms with Crippen LogP contribution in [0.25, 0.3) is 0 Å². The van der Waals surface area contributed by atoms with Crippen LogP contribution >= 0.6 is 27.5 Å². The Morgan fingerprint density at radius 2 is 2.41 bits per heavy atom. The van der Waals surface area contributed by atoms with Gasteiger partial charge in [0.05, 0.1) is 22.6 Å². The molecule has 2 rings (SSSR count). The summed E-state index contributed by atoms with van der Waals surface area (Å²) < 4.78 is 2.05. The van der Waals surface area contributed by atoms with Crippen molar-refractivity contribution in [2.24, 2.45) is 0 Å². The normalized spacial score (nSPS) is 10.2. The highest BCUT2D eigenvalue weighted by atomic mass is 79.9. The molecule has 0 aromatic carbocycles. The molecule has 1 amide bonds. The molecule has 2 heterocycles. The summed E-state index contributed by atoms with van der Waals surface area (Å²) in [5.41, 5.74) is 0.561. The van der Waals surface area contributed by atoms with Gasteiger partial charge in [0.1, 0.15) is 11.7 Å². The first-order valence-corrected chi connectivity index (χ1v) is 5.77. The van der Waals surface area contributed by atoms with Crippen molar-refractivity contribution in [3.63, 3.8) is 0 Å². The lowest BCUT2D eigenvalue weighted by Crippen LogP contribution is -2.19. The number of anilines is 1. The van der Waals surface area contributed by atoms with Gasteiger partial charge in [-0.2, -0.15) is 0 Å². The molecule has 0 atom stereocenters. The van der Waals surface area contributed by atoms with Crippen molar-refractivity contribution in [3.05, 3.63) is 34.3 Å². The average molecular weight is 317 g/mol. The number of pyridine rings is 1. The van der Waals surface area contributed by atoms with Crippen LogP contribution in [0.1, 0.15) is 0 Å². The molecule has 88 valence electrons. The quantitative estimate of drug-likeness (QED) is 0.875. The standard InChI is InChI=1S/C9H7BrClN5O/c10-7-3-6(4-12-9(7)11)14-8(17)5-16-2-1-13-15-16/h1-4H,5H2,(H,14,17). The van der Waals surface area contributed by atoms with Gasteiger partial charge in [-0.3, -0.25) is 4.79 Å². The molecule has 0 fully saturated rings. The number of aromatic nitrogens is 4. The lowest BCUT2D eigenvalue weighted by molar-refractivity contribution is -0.116. The van der Waals surface area contributed by atoms with Crippen molar-refractivity contribution >= 4 is 39.1 Å². The number of carbonyl (C=O) groups is 1. The van der Waals surface area contributed by atoms with Crippen LogP contribution in [-0.4, -0.2) is 25.9 Å². The highest BCUT2D eigenvalue weighted by Gasteiger charge is 2.06. The lowest BCUT2D eigenvalue weighted by atomic mass is 10.4. The summed E-state index contributed by atoms with van der Waals surface area (Å²) in [5, 5.41) is 10.3. The van der Waals surface area contributed by atoms with Crippen LogP contribution < -0.4 is 5.32 Å². The lowest BCUT2D eigenvalue weighted by Gasteiger charge is -2.05. The van der Waals surface area contributed by atoms with Crippen LogP contribution in [0.5, 0.6) is 0 Å². The summed E-state index contributed by atoms with van der Waals surface area (Å²) in [4.78, 5) is 15.5. The van der Waals surface area contributed by atoms with Crippen molar-refractivity contribution in [2.75, 3.05) is 5.32 Å². The highest BCUT2D eigenvalue weighted by molar-refractivity contribution is 9.10. The second-order valence-corrected chi connectivity index (χ2v) is 4.36. The Kier molecular flexibility index (Phi) is 3.70. The van der Waals surface area contributed by atoms with Gasteiger partial charge in [-0.1, -0.05) is 16.8 Å². The Morgan fingerprint density at radius 3 is 3.06 bits per heavy atom. The van der Waals surface area contributed by atoms with E-state index in [9.17, 15) is 4.79 Å². The molecule has 0 aliphatic rings. The number of nitrogens with one attached hydrogen (secondary N) is 1. The zero-order valence-corrected chi connectivity index (χ0v) is 10.8. The van der Waals surface area contributed by atoms with Crippen LogP contribution in [0.3, 0.4) is 0 Å². The molecule has 0 spiro atoms. The fourth-order valence-electron chi connectivity index (χ4n) is 1.15. The number of amides is 1. The van der Waals surface area contributed by atoms with E-state index < -0.39 is 0 Å². The minimum Gasteiger partial charge on any atom is -0.323 e. The van der Waals surface area contributed by atoms with Gasteiger partial charge >= 0.3 is 0 Å². The minimum absolute atomic E-state index is 0.0975. The zero-order chi connectivity index (χ0) is 12.3. The summed E-state index contributed by atoms with van der Waals surface area (Å²) in [6, 6.07) is 1.68. The first-order chi connectivity index (χ1) is 8.15. The van der Waals surface area contributed by atoms with Crippen LogP contribution in [0.15, 0.2) is 29.1 Å². The van der Waals surface area contributed by atoms with Gasteiger partial charge in [0, 0.05) is 6.20 Å². The number of nitrogens with zero attached hydrogens (tertiary/aromatic N) is 4. The molecular weight excluding hydrogens is 309 g/mol. The average Bonchev–Trinajstić information content (AvgIpc) is 2.76. The molecule has 0 saturated carbocycles. The molecule has 6 nitrogen and oxygen atoms in total. The molecule has 0 radical (unpaired) electrons. The number of carbonyl (C=O) groups excluding carboxylic acids is 1. The third-order valence-electron chi connectivity index (χ3n) is 1.86. The van der Waals surface area contributed by atoms with E-state index in [0.717, 1.165) is 0 Å². The summed E-state index contributed by atoms with van der Waals surface area (Å²) in [7, 11) is 0. The molecule has 0 unspecified atom stereocenters. The highest BCUT2D eigenvalue weighted by Crippen LogP contribution is 2.22. The molecule has 2 aromatic heterocycles. The third-order valence-corrected chi connectivity index (χ3v) is 2.99. The second-order valence-electron chi connectivity index (χ2n) is 3.15. The van der Waals surface area contributed by atoms with Crippen LogP contribution in [0.2, 0.25) is 5.15 Å². The van der Waals surface area contributed by atoms with Gasteiger partial charge in [-0.25, -0.2) is 9.67 Å². The third kappa shape index (κ3) is 3.24. The molecule has 17 heavy (non-hydrogen) atoms. The van der Waals surface area contributed by atoms with Gasteiger partial charge in [0.25, 0.3) is 0 Å². The van der Waals surface area contributed by atoms with Gasteiger partial charge < -0.3 is 5.32 Å². The van der Waals surface area contributed by atoms with Crippen molar-refractivity contribution in [1.29, 1.82) is 0 Å². The smallest absolute Gasteiger partial charge is 0.246 e. The van der Waals surface area contributed by atoms with Gasteiger partial charge in [-0.05, 0) is 22.0 Å². The first kappa shape index (κ1) is 12.0. The van der Waals surface area contributed by atoms with E-state index in [2.05, 4.69) is 36.5 Å². The molecule has 1 N–H and O–H groups in total. The molecule has 0 aliphatic carbocycles. The summed E-state index contributed by atoms with van der Waals surface area (Å²) in [6.45, 7) is 0.0975. The SMILES string of the molecule is O=C(Cn1ccnn1)Nc1cnc(Cl)c(Br)c1. The van der Waals surface area contributed by atoms with E-state index in [1.807, 2.05) is 0 Å². The maximum absolute atomic E-state index is 11.6. The van der Waals surface area contributed by atoms with Crippen LogP contribution in [-0.2, 0) is 11.3 Å². The maximum Gasteiger partial charge on any atom is 0.246 e. The Labute approximate surface area is 110 Å². The zero-order valence-electron chi connectivity index (χ0n) is 8.47. The van der Waals surface area contributed by atoms with Crippen LogP contribution in [0, 0.1) is 0 Å². The predicted molar refractivity (Wildman–Crippen MR) is 65.6 cm³/mol. The summed E-state index contributed by atoms with van der Waals surface area (Å²) >= 11 is 8.96. The van der Waals surface area contributed by atoms with Crippen molar-refractivity contribution in [1.82, 2.24) is 20.0 Å². The molecule has 0 aliphatic heterocycles. The van der Waals surface area contributed by atoms with E-state index in [0.29, 0.717) is 15.3 Å². The topological polar surface area (TPSA) is 72.7 Å². The summed E-state index contributed by atoms with van der Waals surface area (Å²) in [6.07, 6.45) is 4.59. The van der Waals surface area contributed by atoms with Crippen molar-refractivity contribution in [3.8, 4) is 0 Å². The number of hydrogen-bond acceptors (Lipinski definition) is 4. The molecule has 2 aromatic rings. The first-order valence-electron chi connectivity index (χ1n) is 4.60. The van der Waals surface area contributed by atoms with Crippen LogP contribution in [0.4, 0.5) is 5.69 Å². The molecule has 0 saturated heterocycles. The van der Waals surface area contributed by atoms with Gasteiger partial charge in [0.15, 0.2) is 0 Å². The van der Waals surface area contributed by atoms with Gasteiger partial charge in [0.2, 0.25) is 5.91 Å². The Bertz CT molecular complexity index is 530. The van der Waals surface area contributed by atoms with Gasteiger partial charge in [-0.15, -0.1) is 5.10 Å². The summed E-state index contributed by atoms with van der Waals surface area (Å²) in [5.74, 6) is -0.216. The molecule has 8 heteroatoms. The number of hydrogen-bond donors (Lipinski definition) is 1. The van der Waals surface area contributed by atoms with Crippen molar-refractivity contribution < 1.29 is 4.79 Å². The van der Waals surface area contributed by atoms with E-state index in [4.69, 9.17) is 11.6 Å². The Morgan fingerprint density at radius 1 is 1.59 bits per heavy atom. The monoisotopic (exact) mass is 315 g/mol. The predicted octanol–water partition coefficient (Wildman–Crippen LogP) is 1.73. The van der Waals surface area contributed by atoms with E-state index >= 15 is 0 Å². The Balaban J connectivity index is 2.00. The largest absolute Gasteiger partial charge is 0.323 e. The molecule has 0 bridgehead atoms.